The molecule has 0 aliphatic carbocycles. The van der Waals surface area contributed by atoms with Crippen LogP contribution in [0.15, 0.2) is 29.8 Å². The Hall–Kier alpha value is -0.820. The predicted octanol–water partition coefficient (Wildman–Crippen LogP) is 4.10. The van der Waals surface area contributed by atoms with Crippen molar-refractivity contribution in [1.82, 2.24) is 0 Å². The summed E-state index contributed by atoms with van der Waals surface area (Å²) in [7, 11) is 0. The SMILES string of the molecule is CC(C)C(=Cc1ccccc1F)CCl. The highest BCUT2D eigenvalue weighted by molar-refractivity contribution is 6.19. The van der Waals surface area contributed by atoms with Crippen molar-refractivity contribution in [3.63, 3.8) is 0 Å². The number of benzene rings is 1. The van der Waals surface area contributed by atoms with Crippen molar-refractivity contribution in [3.05, 3.63) is 41.2 Å². The van der Waals surface area contributed by atoms with E-state index in [1.165, 1.54) is 6.07 Å². The van der Waals surface area contributed by atoms with Gasteiger partial charge in [-0.1, -0.05) is 43.7 Å². The molecule has 2 heteroatoms. The summed E-state index contributed by atoms with van der Waals surface area (Å²) in [5.41, 5.74) is 1.66. The van der Waals surface area contributed by atoms with Crippen molar-refractivity contribution < 1.29 is 4.39 Å². The summed E-state index contributed by atoms with van der Waals surface area (Å²) in [6.45, 7) is 4.10. The third-order valence-corrected chi connectivity index (χ3v) is 2.45. The van der Waals surface area contributed by atoms with Crippen LogP contribution in [0.2, 0.25) is 0 Å². The summed E-state index contributed by atoms with van der Waals surface area (Å²) in [6.07, 6.45) is 1.83. The van der Waals surface area contributed by atoms with Crippen molar-refractivity contribution in [1.29, 1.82) is 0 Å². The van der Waals surface area contributed by atoms with Crippen molar-refractivity contribution in [2.75, 3.05) is 5.88 Å². The summed E-state index contributed by atoms with van der Waals surface area (Å²) in [5, 5.41) is 0. The molecule has 0 saturated carbocycles. The molecule has 0 amide bonds. The van der Waals surface area contributed by atoms with Crippen molar-refractivity contribution >= 4 is 17.7 Å². The average Bonchev–Trinajstić information content (AvgIpc) is 2.16. The zero-order chi connectivity index (χ0) is 10.6. The largest absolute Gasteiger partial charge is 0.206 e. The van der Waals surface area contributed by atoms with E-state index in [9.17, 15) is 4.39 Å². The summed E-state index contributed by atoms with van der Waals surface area (Å²) in [6, 6.07) is 6.71. The van der Waals surface area contributed by atoms with Crippen LogP contribution in [0.3, 0.4) is 0 Å². The molecule has 0 bridgehead atoms. The summed E-state index contributed by atoms with van der Waals surface area (Å²) in [4.78, 5) is 0. The van der Waals surface area contributed by atoms with E-state index in [1.807, 2.05) is 12.1 Å². The van der Waals surface area contributed by atoms with Crippen LogP contribution in [0.1, 0.15) is 19.4 Å². The minimum absolute atomic E-state index is 0.198. The van der Waals surface area contributed by atoms with Gasteiger partial charge in [0.25, 0.3) is 0 Å². The lowest BCUT2D eigenvalue weighted by Gasteiger charge is -2.07. The Morgan fingerprint density at radius 2 is 2.07 bits per heavy atom. The van der Waals surface area contributed by atoms with E-state index >= 15 is 0 Å². The van der Waals surface area contributed by atoms with Gasteiger partial charge in [0.1, 0.15) is 5.82 Å². The van der Waals surface area contributed by atoms with E-state index in [0.717, 1.165) is 5.57 Å². The molecule has 0 nitrogen and oxygen atoms in total. The number of rotatable bonds is 3. The zero-order valence-corrected chi connectivity index (χ0v) is 9.18. The van der Waals surface area contributed by atoms with Crippen LogP contribution in [-0.2, 0) is 0 Å². The summed E-state index contributed by atoms with van der Waals surface area (Å²) < 4.78 is 13.3. The molecule has 0 aromatic heterocycles. The second kappa shape index (κ2) is 5.16. The first kappa shape index (κ1) is 11.3. The highest BCUT2D eigenvalue weighted by atomic mass is 35.5. The fourth-order valence-corrected chi connectivity index (χ4v) is 1.54. The Morgan fingerprint density at radius 1 is 1.43 bits per heavy atom. The maximum absolute atomic E-state index is 13.3. The Labute approximate surface area is 89.4 Å². The predicted molar refractivity (Wildman–Crippen MR) is 59.9 cm³/mol. The monoisotopic (exact) mass is 212 g/mol. The topological polar surface area (TPSA) is 0 Å². The Bertz CT molecular complexity index is 329. The highest BCUT2D eigenvalue weighted by Crippen LogP contribution is 2.17. The number of alkyl halides is 1. The van der Waals surface area contributed by atoms with Crippen LogP contribution in [0, 0.1) is 11.7 Å². The molecule has 76 valence electrons. The first-order valence-corrected chi connectivity index (χ1v) is 5.19. The van der Waals surface area contributed by atoms with Crippen molar-refractivity contribution in [2.45, 2.75) is 13.8 Å². The fourth-order valence-electron chi connectivity index (χ4n) is 1.15. The lowest BCUT2D eigenvalue weighted by molar-refractivity contribution is 0.624. The molecule has 0 saturated heterocycles. The molecule has 1 rings (SSSR count). The van der Waals surface area contributed by atoms with E-state index in [-0.39, 0.29) is 5.82 Å². The smallest absolute Gasteiger partial charge is 0.130 e. The molecule has 0 N–H and O–H groups in total. The van der Waals surface area contributed by atoms with Gasteiger partial charge in [0, 0.05) is 11.4 Å². The fraction of sp³-hybridized carbons (Fsp3) is 0.333. The second-order valence-electron chi connectivity index (χ2n) is 3.53. The minimum Gasteiger partial charge on any atom is -0.206 e. The van der Waals surface area contributed by atoms with E-state index in [1.54, 1.807) is 12.1 Å². The lowest BCUT2D eigenvalue weighted by Crippen LogP contribution is -1.95. The van der Waals surface area contributed by atoms with Crippen molar-refractivity contribution in [3.8, 4) is 0 Å². The molecule has 0 unspecified atom stereocenters. The Kier molecular flexibility index (Phi) is 4.15. The van der Waals surface area contributed by atoms with Crippen LogP contribution in [-0.4, -0.2) is 5.88 Å². The van der Waals surface area contributed by atoms with Gasteiger partial charge in [0.2, 0.25) is 0 Å². The highest BCUT2D eigenvalue weighted by Gasteiger charge is 2.03. The van der Waals surface area contributed by atoms with Gasteiger partial charge in [-0.3, -0.25) is 0 Å². The molecule has 1 aromatic rings. The molecule has 14 heavy (non-hydrogen) atoms. The van der Waals surface area contributed by atoms with Gasteiger partial charge in [-0.05, 0) is 12.0 Å². The van der Waals surface area contributed by atoms with Crippen LogP contribution in [0.5, 0.6) is 0 Å². The molecule has 0 heterocycles. The number of hydrogen-bond acceptors (Lipinski definition) is 0. The molecule has 0 radical (unpaired) electrons. The van der Waals surface area contributed by atoms with Gasteiger partial charge in [0.15, 0.2) is 0 Å². The normalized spacial score (nSPS) is 12.2. The molecule has 0 aliphatic rings. The summed E-state index contributed by atoms with van der Waals surface area (Å²) >= 11 is 5.77. The van der Waals surface area contributed by atoms with Crippen LogP contribution in [0.25, 0.3) is 6.08 Å². The van der Waals surface area contributed by atoms with Gasteiger partial charge in [-0.15, -0.1) is 11.6 Å². The van der Waals surface area contributed by atoms with E-state index in [2.05, 4.69) is 13.8 Å². The quantitative estimate of drug-likeness (QED) is 0.662. The van der Waals surface area contributed by atoms with E-state index in [0.29, 0.717) is 17.4 Å². The third-order valence-electron chi connectivity index (χ3n) is 2.14. The number of halogens is 2. The van der Waals surface area contributed by atoms with Gasteiger partial charge in [0.05, 0.1) is 0 Å². The van der Waals surface area contributed by atoms with E-state index in [4.69, 9.17) is 11.6 Å². The first-order valence-electron chi connectivity index (χ1n) is 4.66. The molecule has 0 fully saturated rings. The molecule has 0 spiro atoms. The number of allylic oxidation sites excluding steroid dienone is 1. The minimum atomic E-state index is -0.198. The second-order valence-corrected chi connectivity index (χ2v) is 3.80. The number of hydrogen-bond donors (Lipinski definition) is 0. The molecular formula is C12H14ClF. The average molecular weight is 213 g/mol. The summed E-state index contributed by atoms with van der Waals surface area (Å²) in [5.74, 6) is 0.606. The standard InChI is InChI=1S/C12H14ClF/c1-9(2)11(8-13)7-10-5-3-4-6-12(10)14/h3-7,9H,8H2,1-2H3. The zero-order valence-electron chi connectivity index (χ0n) is 8.43. The Morgan fingerprint density at radius 3 is 2.57 bits per heavy atom. The van der Waals surface area contributed by atoms with Gasteiger partial charge < -0.3 is 0 Å². The van der Waals surface area contributed by atoms with Crippen molar-refractivity contribution in [2.24, 2.45) is 5.92 Å². The maximum atomic E-state index is 13.3. The van der Waals surface area contributed by atoms with E-state index < -0.39 is 0 Å². The third kappa shape index (κ3) is 2.85. The van der Waals surface area contributed by atoms with Gasteiger partial charge in [-0.25, -0.2) is 4.39 Å². The van der Waals surface area contributed by atoms with Gasteiger partial charge in [-0.2, -0.15) is 0 Å². The molecule has 0 aliphatic heterocycles. The Balaban J connectivity index is 3.00. The molecule has 0 atom stereocenters. The van der Waals surface area contributed by atoms with Crippen LogP contribution < -0.4 is 0 Å². The van der Waals surface area contributed by atoms with Crippen LogP contribution in [0.4, 0.5) is 4.39 Å². The van der Waals surface area contributed by atoms with Crippen LogP contribution >= 0.6 is 11.6 Å². The van der Waals surface area contributed by atoms with Gasteiger partial charge >= 0.3 is 0 Å². The maximum Gasteiger partial charge on any atom is 0.130 e. The molecular weight excluding hydrogens is 199 g/mol. The molecule has 1 aromatic carbocycles. The lowest BCUT2D eigenvalue weighted by atomic mass is 10.0. The first-order chi connectivity index (χ1) is 6.65.